The number of unbranched alkanes of at least 4 members (excludes halogenated alkanes) is 6. The summed E-state index contributed by atoms with van der Waals surface area (Å²) >= 11 is 0. The Morgan fingerprint density at radius 2 is 1.20 bits per heavy atom. The van der Waals surface area contributed by atoms with Crippen LogP contribution < -0.4 is 0 Å². The maximum Gasteiger partial charge on any atom is 0.168 e. The smallest absolute Gasteiger partial charge is 0.168 e. The van der Waals surface area contributed by atoms with E-state index in [9.17, 15) is 0 Å². The van der Waals surface area contributed by atoms with Crippen LogP contribution in [0.4, 0.5) is 0 Å². The van der Waals surface area contributed by atoms with Crippen molar-refractivity contribution in [2.24, 2.45) is 0 Å². The highest BCUT2D eigenvalue weighted by molar-refractivity contribution is 4.70. The Kier molecular flexibility index (Phi) is 13.8. The first-order chi connectivity index (χ1) is 9.74. The summed E-state index contributed by atoms with van der Waals surface area (Å²) in [7, 11) is 0. The maximum atomic E-state index is 9.05. The summed E-state index contributed by atoms with van der Waals surface area (Å²) in [6.07, 6.45) is 11.6. The molecule has 0 aliphatic heterocycles. The van der Waals surface area contributed by atoms with Crippen LogP contribution in [0.5, 0.6) is 0 Å². The number of aliphatic hydroxyl groups excluding tert-OH is 1. The van der Waals surface area contributed by atoms with Gasteiger partial charge in [0.05, 0.1) is 0 Å². The quantitative estimate of drug-likeness (QED) is 0.351. The molecule has 0 aromatic heterocycles. The minimum absolute atomic E-state index is 0.207. The molecule has 0 unspecified atom stereocenters. The van der Waals surface area contributed by atoms with Gasteiger partial charge in [-0.15, -0.1) is 0 Å². The molecule has 3 heteroatoms. The molecule has 0 rings (SSSR count). The van der Waals surface area contributed by atoms with Crippen LogP contribution in [0.3, 0.4) is 0 Å². The van der Waals surface area contributed by atoms with E-state index in [1.807, 2.05) is 13.8 Å². The predicted octanol–water partition coefficient (Wildman–Crippen LogP) is 4.67. The van der Waals surface area contributed by atoms with Crippen molar-refractivity contribution in [3.05, 3.63) is 0 Å². The van der Waals surface area contributed by atoms with E-state index in [-0.39, 0.29) is 6.61 Å². The fraction of sp³-hybridized carbons (Fsp3) is 1.00. The largest absolute Gasteiger partial charge is 0.396 e. The van der Waals surface area contributed by atoms with Crippen LogP contribution in [0.25, 0.3) is 0 Å². The van der Waals surface area contributed by atoms with E-state index in [2.05, 4.69) is 6.92 Å². The molecule has 0 heterocycles. The first kappa shape index (κ1) is 19.9. The third-order valence-electron chi connectivity index (χ3n) is 3.69. The van der Waals surface area contributed by atoms with Crippen LogP contribution in [-0.2, 0) is 9.47 Å². The van der Waals surface area contributed by atoms with E-state index in [0.29, 0.717) is 13.2 Å². The molecule has 0 spiro atoms. The van der Waals surface area contributed by atoms with Crippen molar-refractivity contribution < 1.29 is 14.6 Å². The van der Waals surface area contributed by atoms with Crippen molar-refractivity contribution in [1.82, 2.24) is 0 Å². The first-order valence-electron chi connectivity index (χ1n) is 8.63. The monoisotopic (exact) mass is 288 g/mol. The second-order valence-electron chi connectivity index (χ2n) is 5.48. The lowest BCUT2D eigenvalue weighted by molar-refractivity contribution is -0.242. The van der Waals surface area contributed by atoms with E-state index in [4.69, 9.17) is 14.6 Å². The molecule has 0 bridgehead atoms. The summed E-state index contributed by atoms with van der Waals surface area (Å²) in [5.74, 6) is -0.463. The summed E-state index contributed by atoms with van der Waals surface area (Å²) < 4.78 is 11.8. The van der Waals surface area contributed by atoms with Gasteiger partial charge in [-0.1, -0.05) is 45.4 Å². The Balaban J connectivity index is 3.99. The fourth-order valence-electron chi connectivity index (χ4n) is 2.68. The molecule has 0 aliphatic carbocycles. The lowest BCUT2D eigenvalue weighted by Crippen LogP contribution is -2.36. The zero-order valence-electron chi connectivity index (χ0n) is 14.0. The number of aliphatic hydroxyl groups is 1. The van der Waals surface area contributed by atoms with E-state index in [1.165, 1.54) is 38.5 Å². The summed E-state index contributed by atoms with van der Waals surface area (Å²) in [5, 5.41) is 9.05. The molecule has 0 aromatic rings. The lowest BCUT2D eigenvalue weighted by Gasteiger charge is -2.33. The molecule has 1 N–H and O–H groups in total. The average molecular weight is 288 g/mol. The van der Waals surface area contributed by atoms with Crippen LogP contribution in [0.2, 0.25) is 0 Å². The minimum atomic E-state index is -0.463. The second-order valence-corrected chi connectivity index (χ2v) is 5.48. The van der Waals surface area contributed by atoms with Gasteiger partial charge in [-0.2, -0.15) is 0 Å². The number of hydrogen-bond acceptors (Lipinski definition) is 3. The Morgan fingerprint density at radius 1 is 0.700 bits per heavy atom. The van der Waals surface area contributed by atoms with Crippen molar-refractivity contribution in [2.75, 3.05) is 19.8 Å². The zero-order chi connectivity index (χ0) is 15.1. The Hall–Kier alpha value is -0.120. The molecule has 0 radical (unpaired) electrons. The van der Waals surface area contributed by atoms with E-state index in [1.54, 1.807) is 0 Å². The molecule has 0 saturated carbocycles. The Bertz CT molecular complexity index is 189. The lowest BCUT2D eigenvalue weighted by atomic mass is 10.0. The predicted molar refractivity (Wildman–Crippen MR) is 84.9 cm³/mol. The first-order valence-corrected chi connectivity index (χ1v) is 8.63. The topological polar surface area (TPSA) is 38.7 Å². The maximum absolute atomic E-state index is 9.05. The molecule has 0 aromatic carbocycles. The Labute approximate surface area is 126 Å². The molecule has 0 fully saturated rings. The number of rotatable bonds is 15. The highest BCUT2D eigenvalue weighted by atomic mass is 16.7. The number of ether oxygens (including phenoxy) is 2. The van der Waals surface area contributed by atoms with Crippen LogP contribution in [0.15, 0.2) is 0 Å². The van der Waals surface area contributed by atoms with Crippen molar-refractivity contribution >= 4 is 0 Å². The second kappa shape index (κ2) is 13.8. The molecule has 0 aliphatic rings. The van der Waals surface area contributed by atoms with E-state index in [0.717, 1.165) is 25.7 Å². The molecular formula is C17H36O3. The van der Waals surface area contributed by atoms with Gasteiger partial charge in [-0.05, 0) is 26.7 Å². The van der Waals surface area contributed by atoms with Gasteiger partial charge >= 0.3 is 0 Å². The van der Waals surface area contributed by atoms with Crippen molar-refractivity contribution in [2.45, 2.75) is 90.8 Å². The molecule has 0 saturated heterocycles. The fourth-order valence-corrected chi connectivity index (χ4v) is 2.68. The van der Waals surface area contributed by atoms with Crippen LogP contribution in [0, 0.1) is 0 Å². The van der Waals surface area contributed by atoms with Crippen molar-refractivity contribution in [3.8, 4) is 0 Å². The molecule has 20 heavy (non-hydrogen) atoms. The van der Waals surface area contributed by atoms with Crippen LogP contribution >= 0.6 is 0 Å². The highest BCUT2D eigenvalue weighted by Gasteiger charge is 2.30. The third kappa shape index (κ3) is 9.73. The van der Waals surface area contributed by atoms with Gasteiger partial charge in [0.15, 0.2) is 5.79 Å². The SMILES string of the molecule is CCCCCCCCCC(CCCO)(OCC)OCC. The molecule has 3 nitrogen and oxygen atoms in total. The average Bonchev–Trinajstić information content (AvgIpc) is 2.45. The highest BCUT2D eigenvalue weighted by Crippen LogP contribution is 2.27. The molecule has 0 amide bonds. The standard InChI is InChI=1S/C17H36O3/c1-4-7-8-9-10-11-12-14-17(19-5-2,20-6-3)15-13-16-18/h18H,4-16H2,1-3H3. The van der Waals surface area contributed by atoms with Gasteiger partial charge in [-0.3, -0.25) is 0 Å². The summed E-state index contributed by atoms with van der Waals surface area (Å²) in [6.45, 7) is 7.82. The third-order valence-corrected chi connectivity index (χ3v) is 3.69. The molecular weight excluding hydrogens is 252 g/mol. The number of hydrogen-bond donors (Lipinski definition) is 1. The van der Waals surface area contributed by atoms with Gasteiger partial charge in [0.2, 0.25) is 0 Å². The van der Waals surface area contributed by atoms with Gasteiger partial charge < -0.3 is 14.6 Å². The van der Waals surface area contributed by atoms with E-state index < -0.39 is 5.79 Å². The van der Waals surface area contributed by atoms with Gasteiger partial charge in [0.25, 0.3) is 0 Å². The summed E-state index contributed by atoms with van der Waals surface area (Å²) in [5.41, 5.74) is 0. The van der Waals surface area contributed by atoms with Gasteiger partial charge in [0, 0.05) is 32.7 Å². The molecule has 0 atom stereocenters. The summed E-state index contributed by atoms with van der Waals surface area (Å²) in [6, 6.07) is 0. The van der Waals surface area contributed by atoms with Gasteiger partial charge in [0.1, 0.15) is 0 Å². The Morgan fingerprint density at radius 3 is 1.70 bits per heavy atom. The van der Waals surface area contributed by atoms with Crippen molar-refractivity contribution in [1.29, 1.82) is 0 Å². The van der Waals surface area contributed by atoms with Crippen LogP contribution in [-0.4, -0.2) is 30.7 Å². The van der Waals surface area contributed by atoms with Crippen molar-refractivity contribution in [3.63, 3.8) is 0 Å². The van der Waals surface area contributed by atoms with Crippen LogP contribution in [0.1, 0.15) is 85.0 Å². The van der Waals surface area contributed by atoms with Gasteiger partial charge in [-0.25, -0.2) is 0 Å². The van der Waals surface area contributed by atoms with E-state index >= 15 is 0 Å². The normalized spacial score (nSPS) is 12.0. The summed E-state index contributed by atoms with van der Waals surface area (Å²) in [4.78, 5) is 0. The minimum Gasteiger partial charge on any atom is -0.396 e. The molecule has 122 valence electrons. The zero-order valence-corrected chi connectivity index (χ0v) is 14.0.